The van der Waals surface area contributed by atoms with Crippen LogP contribution in [-0.4, -0.2) is 11.6 Å². The SMILES string of the molecule is CCC(C)(N)C(C)N. The minimum absolute atomic E-state index is 0.0903. The molecule has 2 atom stereocenters. The molecule has 0 aliphatic carbocycles. The van der Waals surface area contributed by atoms with Crippen molar-refractivity contribution in [3.63, 3.8) is 0 Å². The zero-order valence-corrected chi connectivity index (χ0v) is 5.94. The fourth-order valence-electron chi connectivity index (χ4n) is 0.322. The molecule has 2 unspecified atom stereocenters. The molecule has 2 heteroatoms. The van der Waals surface area contributed by atoms with Gasteiger partial charge in [-0.3, -0.25) is 0 Å². The van der Waals surface area contributed by atoms with Crippen LogP contribution in [0.5, 0.6) is 0 Å². The van der Waals surface area contributed by atoms with E-state index in [0.717, 1.165) is 6.42 Å². The molecule has 0 saturated carbocycles. The summed E-state index contributed by atoms with van der Waals surface area (Å²) in [6.45, 7) is 5.95. The lowest BCUT2D eigenvalue weighted by atomic mass is 9.93. The van der Waals surface area contributed by atoms with Gasteiger partial charge in [0.15, 0.2) is 0 Å². The minimum atomic E-state index is -0.181. The van der Waals surface area contributed by atoms with Crippen LogP contribution < -0.4 is 11.5 Å². The summed E-state index contributed by atoms with van der Waals surface area (Å²) in [7, 11) is 0. The van der Waals surface area contributed by atoms with Crippen molar-refractivity contribution in [2.24, 2.45) is 11.5 Å². The van der Waals surface area contributed by atoms with Gasteiger partial charge in [0.25, 0.3) is 0 Å². The molecule has 0 aliphatic heterocycles. The second kappa shape index (κ2) is 2.46. The van der Waals surface area contributed by atoms with Crippen LogP contribution in [0.1, 0.15) is 27.2 Å². The lowest BCUT2D eigenvalue weighted by Gasteiger charge is -2.26. The van der Waals surface area contributed by atoms with Gasteiger partial charge in [-0.05, 0) is 20.3 Å². The standard InChI is InChI=1S/C6H16N2/c1-4-6(3,8)5(2)7/h5H,4,7-8H2,1-3H3. The second-order valence-corrected chi connectivity index (χ2v) is 2.65. The van der Waals surface area contributed by atoms with E-state index in [-0.39, 0.29) is 11.6 Å². The normalized spacial score (nSPS) is 22.1. The fourth-order valence-corrected chi connectivity index (χ4v) is 0.322. The first kappa shape index (κ1) is 7.92. The van der Waals surface area contributed by atoms with Crippen LogP contribution in [0.25, 0.3) is 0 Å². The molecule has 0 aromatic rings. The Hall–Kier alpha value is -0.0800. The highest BCUT2D eigenvalue weighted by molar-refractivity contribution is 4.84. The molecule has 0 fully saturated rings. The fraction of sp³-hybridized carbons (Fsp3) is 1.00. The van der Waals surface area contributed by atoms with E-state index in [0.29, 0.717) is 0 Å². The van der Waals surface area contributed by atoms with Crippen molar-refractivity contribution in [1.82, 2.24) is 0 Å². The molecule has 0 spiro atoms. The summed E-state index contributed by atoms with van der Waals surface area (Å²) in [5, 5.41) is 0. The summed E-state index contributed by atoms with van der Waals surface area (Å²) >= 11 is 0. The molecule has 0 heterocycles. The predicted molar refractivity (Wildman–Crippen MR) is 36.5 cm³/mol. The first-order valence-electron chi connectivity index (χ1n) is 3.05. The molecule has 50 valence electrons. The maximum Gasteiger partial charge on any atom is 0.0273 e. The molecule has 0 saturated heterocycles. The van der Waals surface area contributed by atoms with E-state index in [1.807, 2.05) is 20.8 Å². The van der Waals surface area contributed by atoms with Crippen molar-refractivity contribution in [2.45, 2.75) is 38.8 Å². The van der Waals surface area contributed by atoms with Gasteiger partial charge in [-0.1, -0.05) is 6.92 Å². The van der Waals surface area contributed by atoms with Crippen LogP contribution in [0.2, 0.25) is 0 Å². The van der Waals surface area contributed by atoms with Gasteiger partial charge >= 0.3 is 0 Å². The lowest BCUT2D eigenvalue weighted by molar-refractivity contribution is 0.382. The third-order valence-corrected chi connectivity index (χ3v) is 1.80. The van der Waals surface area contributed by atoms with Gasteiger partial charge in [-0.2, -0.15) is 0 Å². The average Bonchev–Trinajstić information content (AvgIpc) is 1.67. The van der Waals surface area contributed by atoms with Crippen LogP contribution >= 0.6 is 0 Å². The van der Waals surface area contributed by atoms with Crippen LogP contribution in [0.4, 0.5) is 0 Å². The molecule has 0 rings (SSSR count). The average molecular weight is 116 g/mol. The Kier molecular flexibility index (Phi) is 2.44. The zero-order valence-electron chi connectivity index (χ0n) is 5.94. The Morgan fingerprint density at radius 2 is 2.00 bits per heavy atom. The van der Waals surface area contributed by atoms with Crippen molar-refractivity contribution in [2.75, 3.05) is 0 Å². The van der Waals surface area contributed by atoms with Gasteiger partial charge in [-0.15, -0.1) is 0 Å². The van der Waals surface area contributed by atoms with E-state index in [1.54, 1.807) is 0 Å². The first-order chi connectivity index (χ1) is 3.50. The monoisotopic (exact) mass is 116 g/mol. The molecule has 4 N–H and O–H groups in total. The molecule has 0 radical (unpaired) electrons. The molecule has 0 aromatic carbocycles. The van der Waals surface area contributed by atoms with E-state index in [4.69, 9.17) is 11.5 Å². The van der Waals surface area contributed by atoms with Gasteiger partial charge < -0.3 is 11.5 Å². The van der Waals surface area contributed by atoms with Gasteiger partial charge in [0, 0.05) is 11.6 Å². The molecule has 0 aliphatic rings. The molecule has 0 bridgehead atoms. The molecular weight excluding hydrogens is 100 g/mol. The lowest BCUT2D eigenvalue weighted by Crippen LogP contribution is -2.50. The van der Waals surface area contributed by atoms with Crippen molar-refractivity contribution in [1.29, 1.82) is 0 Å². The molecular formula is C6H16N2. The quantitative estimate of drug-likeness (QED) is 0.550. The van der Waals surface area contributed by atoms with Crippen LogP contribution in [-0.2, 0) is 0 Å². The summed E-state index contributed by atoms with van der Waals surface area (Å²) in [6, 6.07) is 0.0903. The van der Waals surface area contributed by atoms with Gasteiger partial charge in [-0.25, -0.2) is 0 Å². The Morgan fingerprint density at radius 3 is 2.00 bits per heavy atom. The Bertz CT molecular complexity index is 66.9. The van der Waals surface area contributed by atoms with Gasteiger partial charge in [0.1, 0.15) is 0 Å². The van der Waals surface area contributed by atoms with E-state index in [9.17, 15) is 0 Å². The third kappa shape index (κ3) is 1.80. The van der Waals surface area contributed by atoms with Crippen molar-refractivity contribution >= 4 is 0 Å². The minimum Gasteiger partial charge on any atom is -0.326 e. The topological polar surface area (TPSA) is 52.0 Å². The Labute approximate surface area is 51.2 Å². The molecule has 2 nitrogen and oxygen atoms in total. The van der Waals surface area contributed by atoms with E-state index in [2.05, 4.69) is 0 Å². The summed E-state index contributed by atoms with van der Waals surface area (Å²) < 4.78 is 0. The van der Waals surface area contributed by atoms with E-state index < -0.39 is 0 Å². The maximum atomic E-state index is 5.73. The highest BCUT2D eigenvalue weighted by Gasteiger charge is 2.19. The molecule has 0 aromatic heterocycles. The smallest absolute Gasteiger partial charge is 0.0273 e. The number of nitrogens with two attached hydrogens (primary N) is 2. The van der Waals surface area contributed by atoms with Crippen molar-refractivity contribution in [3.8, 4) is 0 Å². The Balaban J connectivity index is 3.71. The van der Waals surface area contributed by atoms with Crippen LogP contribution in [0.15, 0.2) is 0 Å². The summed E-state index contributed by atoms with van der Waals surface area (Å²) in [6.07, 6.45) is 0.935. The number of hydrogen-bond donors (Lipinski definition) is 2. The largest absolute Gasteiger partial charge is 0.326 e. The van der Waals surface area contributed by atoms with Crippen molar-refractivity contribution < 1.29 is 0 Å². The van der Waals surface area contributed by atoms with Gasteiger partial charge in [0.2, 0.25) is 0 Å². The van der Waals surface area contributed by atoms with E-state index >= 15 is 0 Å². The maximum absolute atomic E-state index is 5.73. The first-order valence-corrected chi connectivity index (χ1v) is 3.05. The van der Waals surface area contributed by atoms with E-state index in [1.165, 1.54) is 0 Å². The van der Waals surface area contributed by atoms with Crippen LogP contribution in [0.3, 0.4) is 0 Å². The summed E-state index contributed by atoms with van der Waals surface area (Å²) in [5.74, 6) is 0. The summed E-state index contributed by atoms with van der Waals surface area (Å²) in [5.41, 5.74) is 11.1. The third-order valence-electron chi connectivity index (χ3n) is 1.80. The number of hydrogen-bond acceptors (Lipinski definition) is 2. The molecule has 8 heavy (non-hydrogen) atoms. The van der Waals surface area contributed by atoms with Crippen LogP contribution in [0, 0.1) is 0 Å². The van der Waals surface area contributed by atoms with Gasteiger partial charge in [0.05, 0.1) is 0 Å². The van der Waals surface area contributed by atoms with Crippen molar-refractivity contribution in [3.05, 3.63) is 0 Å². The highest BCUT2D eigenvalue weighted by atomic mass is 14.8. The second-order valence-electron chi connectivity index (χ2n) is 2.65. The summed E-state index contributed by atoms with van der Waals surface area (Å²) in [4.78, 5) is 0. The zero-order chi connectivity index (χ0) is 6.78. The Morgan fingerprint density at radius 1 is 1.62 bits per heavy atom. The predicted octanol–water partition coefficient (Wildman–Crippen LogP) is 0.461. The number of rotatable bonds is 2. The molecule has 0 amide bonds. The highest BCUT2D eigenvalue weighted by Crippen LogP contribution is 2.06.